The molecule has 0 radical (unpaired) electrons. The largest absolute Gasteiger partial charge is 0.360 e. The van der Waals surface area contributed by atoms with Crippen molar-refractivity contribution in [2.75, 3.05) is 0 Å². The number of benzene rings is 4. The molecule has 128 valence electrons. The van der Waals surface area contributed by atoms with E-state index in [-0.39, 0.29) is 0 Å². The molecule has 2 N–H and O–H groups in total. The second kappa shape index (κ2) is 5.44. The van der Waals surface area contributed by atoms with Crippen LogP contribution in [0.15, 0.2) is 77.4 Å². The van der Waals surface area contributed by atoms with E-state index < -0.39 is 0 Å². The van der Waals surface area contributed by atoms with Crippen LogP contribution < -0.4 is 0 Å². The number of aromatic amines is 2. The molecule has 0 spiro atoms. The zero-order valence-electron chi connectivity index (χ0n) is 14.3. The first-order chi connectivity index (χ1) is 13.3. The molecule has 3 nitrogen and oxygen atoms in total. The zero-order valence-corrected chi connectivity index (χ0v) is 15.8. The molecule has 2 aromatic heterocycles. The number of imidazole rings is 1. The van der Waals surface area contributed by atoms with Crippen LogP contribution >= 0.6 is 15.9 Å². The molecule has 0 atom stereocenters. The van der Waals surface area contributed by atoms with Gasteiger partial charge in [-0.2, -0.15) is 0 Å². The first-order valence-corrected chi connectivity index (χ1v) is 9.65. The Kier molecular flexibility index (Phi) is 3.02. The van der Waals surface area contributed by atoms with Gasteiger partial charge in [-0.15, -0.1) is 0 Å². The molecule has 2 heterocycles. The van der Waals surface area contributed by atoms with Gasteiger partial charge in [-0.25, -0.2) is 4.98 Å². The molecule has 4 heteroatoms. The fraction of sp³-hybridized carbons (Fsp3) is 0. The van der Waals surface area contributed by atoms with E-state index in [1.807, 2.05) is 12.3 Å². The molecule has 0 aliphatic carbocycles. The summed E-state index contributed by atoms with van der Waals surface area (Å²) in [4.78, 5) is 12.0. The van der Waals surface area contributed by atoms with Gasteiger partial charge in [-0.05, 0) is 29.0 Å². The van der Waals surface area contributed by atoms with Gasteiger partial charge in [-0.3, -0.25) is 0 Å². The van der Waals surface area contributed by atoms with Gasteiger partial charge in [0.15, 0.2) is 0 Å². The third kappa shape index (κ3) is 2.10. The number of nitrogens with one attached hydrogen (secondary N) is 2. The second-order valence-electron chi connectivity index (χ2n) is 6.79. The first kappa shape index (κ1) is 15.0. The highest BCUT2D eigenvalue weighted by atomic mass is 79.9. The molecule has 0 fully saturated rings. The number of H-pyrrole nitrogens is 2. The lowest BCUT2D eigenvalue weighted by Crippen LogP contribution is -1.82. The van der Waals surface area contributed by atoms with Crippen molar-refractivity contribution in [3.8, 4) is 11.4 Å². The van der Waals surface area contributed by atoms with Crippen LogP contribution in [0.3, 0.4) is 0 Å². The van der Waals surface area contributed by atoms with E-state index in [2.05, 4.69) is 86.6 Å². The van der Waals surface area contributed by atoms with Crippen LogP contribution in [0.4, 0.5) is 0 Å². The number of aromatic nitrogens is 3. The summed E-state index contributed by atoms with van der Waals surface area (Å²) in [6.07, 6.45) is 2.03. The van der Waals surface area contributed by atoms with Gasteiger partial charge in [0.1, 0.15) is 5.82 Å². The van der Waals surface area contributed by atoms with Crippen LogP contribution in [0.25, 0.3) is 54.9 Å². The average molecular weight is 412 g/mol. The summed E-state index contributed by atoms with van der Waals surface area (Å²) in [5.41, 5.74) is 4.29. The quantitative estimate of drug-likeness (QED) is 0.287. The summed E-state index contributed by atoms with van der Waals surface area (Å²) >= 11 is 3.62. The van der Waals surface area contributed by atoms with Crippen LogP contribution in [0.2, 0.25) is 0 Å². The molecule has 0 aliphatic rings. The lowest BCUT2D eigenvalue weighted by molar-refractivity contribution is 1.34. The number of hydrogen-bond donors (Lipinski definition) is 2. The lowest BCUT2D eigenvalue weighted by atomic mass is 10.0. The first-order valence-electron chi connectivity index (χ1n) is 8.86. The van der Waals surface area contributed by atoms with Gasteiger partial charge in [0.05, 0.1) is 11.0 Å². The number of fused-ring (bicyclic) bond motifs is 7. The number of hydrogen-bond acceptors (Lipinski definition) is 1. The fourth-order valence-electron chi connectivity index (χ4n) is 4.04. The SMILES string of the molecule is Brc1ccc2c3ccccc3c3[nH]c(-c4c[nH]c5ccccc45)nc3c2c1. The van der Waals surface area contributed by atoms with Gasteiger partial charge >= 0.3 is 0 Å². The van der Waals surface area contributed by atoms with Crippen molar-refractivity contribution in [2.45, 2.75) is 0 Å². The summed E-state index contributed by atoms with van der Waals surface area (Å²) in [5, 5.41) is 5.98. The smallest absolute Gasteiger partial charge is 0.140 e. The predicted molar refractivity (Wildman–Crippen MR) is 116 cm³/mol. The summed E-state index contributed by atoms with van der Waals surface area (Å²) in [6.45, 7) is 0. The normalized spacial score (nSPS) is 11.9. The molecule has 0 saturated heterocycles. The molecule has 4 aromatic carbocycles. The summed E-state index contributed by atoms with van der Waals surface area (Å²) in [6, 6.07) is 23.2. The molecule has 0 amide bonds. The molecule has 27 heavy (non-hydrogen) atoms. The second-order valence-corrected chi connectivity index (χ2v) is 7.71. The predicted octanol–water partition coefficient (Wildman–Crippen LogP) is 6.78. The van der Waals surface area contributed by atoms with Crippen molar-refractivity contribution in [3.05, 3.63) is 77.4 Å². The Morgan fingerprint density at radius 2 is 1.48 bits per heavy atom. The van der Waals surface area contributed by atoms with E-state index in [0.29, 0.717) is 0 Å². The highest BCUT2D eigenvalue weighted by Gasteiger charge is 2.15. The van der Waals surface area contributed by atoms with Gasteiger partial charge in [0, 0.05) is 37.9 Å². The zero-order chi connectivity index (χ0) is 18.0. The molecule has 6 aromatic rings. The van der Waals surface area contributed by atoms with Gasteiger partial charge in [-0.1, -0.05) is 64.5 Å². The molecule has 0 unspecified atom stereocenters. The molecule has 0 saturated carbocycles. The minimum absolute atomic E-state index is 0.889. The van der Waals surface area contributed by atoms with Crippen LogP contribution in [-0.4, -0.2) is 15.0 Å². The van der Waals surface area contributed by atoms with E-state index >= 15 is 0 Å². The summed E-state index contributed by atoms with van der Waals surface area (Å²) < 4.78 is 1.06. The van der Waals surface area contributed by atoms with Crippen molar-refractivity contribution >= 4 is 59.4 Å². The summed E-state index contributed by atoms with van der Waals surface area (Å²) in [5.74, 6) is 0.889. The highest BCUT2D eigenvalue weighted by Crippen LogP contribution is 2.37. The number of nitrogens with zero attached hydrogens (tertiary/aromatic N) is 1. The maximum atomic E-state index is 5.03. The minimum Gasteiger partial charge on any atom is -0.360 e. The van der Waals surface area contributed by atoms with Crippen molar-refractivity contribution in [3.63, 3.8) is 0 Å². The highest BCUT2D eigenvalue weighted by molar-refractivity contribution is 9.10. The Labute approximate surface area is 163 Å². The third-order valence-corrected chi connectivity index (χ3v) is 5.76. The minimum atomic E-state index is 0.889. The lowest BCUT2D eigenvalue weighted by Gasteiger charge is -2.06. The van der Waals surface area contributed by atoms with E-state index in [4.69, 9.17) is 4.98 Å². The van der Waals surface area contributed by atoms with Crippen LogP contribution in [-0.2, 0) is 0 Å². The summed E-state index contributed by atoms with van der Waals surface area (Å²) in [7, 11) is 0. The van der Waals surface area contributed by atoms with E-state index in [0.717, 1.165) is 37.8 Å². The van der Waals surface area contributed by atoms with E-state index in [1.54, 1.807) is 0 Å². The van der Waals surface area contributed by atoms with E-state index in [9.17, 15) is 0 Å². The van der Waals surface area contributed by atoms with Crippen molar-refractivity contribution in [2.24, 2.45) is 0 Å². The number of rotatable bonds is 1. The molecular formula is C23H14BrN3. The molecular weight excluding hydrogens is 398 g/mol. The molecule has 0 aliphatic heterocycles. The van der Waals surface area contributed by atoms with Gasteiger partial charge in [0.25, 0.3) is 0 Å². The number of para-hydroxylation sites is 1. The van der Waals surface area contributed by atoms with Crippen LogP contribution in [0.1, 0.15) is 0 Å². The molecule has 6 rings (SSSR count). The van der Waals surface area contributed by atoms with Crippen molar-refractivity contribution < 1.29 is 0 Å². The maximum absolute atomic E-state index is 5.03. The van der Waals surface area contributed by atoms with Crippen LogP contribution in [0, 0.1) is 0 Å². The monoisotopic (exact) mass is 411 g/mol. The maximum Gasteiger partial charge on any atom is 0.140 e. The Morgan fingerprint density at radius 3 is 2.37 bits per heavy atom. The standard InChI is InChI=1S/C23H14BrN3/c24-13-9-10-15-14-5-1-2-7-17(14)21-22(18(15)11-13)27-23(26-21)19-12-25-20-8-4-3-6-16(19)20/h1-12,25H,(H,26,27). The fourth-order valence-corrected chi connectivity index (χ4v) is 4.40. The Morgan fingerprint density at radius 1 is 0.741 bits per heavy atom. The number of halogens is 1. The van der Waals surface area contributed by atoms with Crippen LogP contribution in [0.5, 0.6) is 0 Å². The van der Waals surface area contributed by atoms with Gasteiger partial charge < -0.3 is 9.97 Å². The topological polar surface area (TPSA) is 44.5 Å². The Hall–Kier alpha value is -3.11. The van der Waals surface area contributed by atoms with Crippen molar-refractivity contribution in [1.82, 2.24) is 15.0 Å². The van der Waals surface area contributed by atoms with Gasteiger partial charge in [0.2, 0.25) is 0 Å². The Balaban J connectivity index is 1.78. The average Bonchev–Trinajstić information content (AvgIpc) is 3.32. The Bertz CT molecular complexity index is 1490. The van der Waals surface area contributed by atoms with E-state index in [1.165, 1.54) is 21.5 Å². The third-order valence-electron chi connectivity index (χ3n) is 5.27. The molecule has 0 bridgehead atoms. The van der Waals surface area contributed by atoms with Crippen molar-refractivity contribution in [1.29, 1.82) is 0 Å².